The number of nitrogens with one attached hydrogen (secondary N) is 1. The van der Waals surface area contributed by atoms with Crippen LogP contribution in [0.3, 0.4) is 0 Å². The Morgan fingerprint density at radius 2 is 1.06 bits per heavy atom. The molecule has 2 aromatic heterocycles. The lowest BCUT2D eigenvalue weighted by Crippen LogP contribution is -2.49. The van der Waals surface area contributed by atoms with Crippen molar-refractivity contribution in [1.82, 2.24) is 39.1 Å². The largest absolute Gasteiger partial charge is 0.497 e. The molecule has 0 saturated carbocycles. The van der Waals surface area contributed by atoms with Crippen LogP contribution in [0.1, 0.15) is 67.2 Å². The normalized spacial score (nSPS) is 14.4. The van der Waals surface area contributed by atoms with Crippen molar-refractivity contribution in [3.8, 4) is 39.8 Å². The third kappa shape index (κ3) is 15.6. The van der Waals surface area contributed by atoms with Crippen LogP contribution in [0.5, 0.6) is 17.2 Å². The Morgan fingerprint density at radius 3 is 1.52 bits per heavy atom. The van der Waals surface area contributed by atoms with Gasteiger partial charge >= 0.3 is 24.3 Å². The number of piperidine rings is 2. The molecule has 0 unspecified atom stereocenters. The molecule has 3 aromatic carbocycles. The summed E-state index contributed by atoms with van der Waals surface area (Å²) in [5, 5.41) is 3.23. The van der Waals surface area contributed by atoms with Crippen molar-refractivity contribution >= 4 is 24.3 Å². The molecule has 17 nitrogen and oxygen atoms in total. The smallest absolute Gasteiger partial charge is 0.424 e. The van der Waals surface area contributed by atoms with Gasteiger partial charge in [-0.25, -0.2) is 33.7 Å². The molecule has 2 aliphatic rings. The third-order valence-electron chi connectivity index (χ3n) is 10.8. The molecule has 2 aliphatic heterocycles. The maximum atomic E-state index is 12.9. The molecule has 3 amide bonds. The zero-order valence-corrected chi connectivity index (χ0v) is 40.4. The van der Waals surface area contributed by atoms with Gasteiger partial charge in [0.25, 0.3) is 0 Å². The van der Waals surface area contributed by atoms with Crippen LogP contribution in [0.15, 0.2) is 104 Å². The van der Waals surface area contributed by atoms with E-state index in [0.29, 0.717) is 49.1 Å². The number of carbonyl (C=O) groups excluding carboxylic acids is 4. The lowest BCUT2D eigenvalue weighted by molar-refractivity contribution is 0.0168. The molecule has 5 aromatic rings. The van der Waals surface area contributed by atoms with Crippen LogP contribution >= 0.6 is 0 Å². The molecule has 67 heavy (non-hydrogen) atoms. The maximum absolute atomic E-state index is 12.9. The first-order chi connectivity index (χ1) is 31.9. The first-order valence-electron chi connectivity index (χ1n) is 22.4. The number of hydrogen-bond acceptors (Lipinski definition) is 12. The van der Waals surface area contributed by atoms with E-state index in [1.54, 1.807) is 72.6 Å². The Bertz CT molecular complexity index is 2370. The van der Waals surface area contributed by atoms with Crippen molar-refractivity contribution in [3.63, 3.8) is 0 Å². The average Bonchev–Trinajstić information content (AvgIpc) is 4.03. The Balaban J connectivity index is 0.000000200. The van der Waals surface area contributed by atoms with Crippen LogP contribution in [0.25, 0.3) is 22.5 Å². The van der Waals surface area contributed by atoms with Crippen molar-refractivity contribution in [1.29, 1.82) is 0 Å². The summed E-state index contributed by atoms with van der Waals surface area (Å²) in [6, 6.07) is 24.4. The number of aromatic nitrogens is 4. The van der Waals surface area contributed by atoms with Gasteiger partial charge in [-0.2, -0.15) is 0 Å². The summed E-state index contributed by atoms with van der Waals surface area (Å²) in [6.45, 7) is 14.0. The van der Waals surface area contributed by atoms with E-state index in [1.807, 2.05) is 103 Å². The first-order valence-corrected chi connectivity index (χ1v) is 22.4. The molecule has 360 valence electrons. The predicted molar refractivity (Wildman–Crippen MR) is 256 cm³/mol. The molecule has 0 atom stereocenters. The molecule has 7 rings (SSSR count). The van der Waals surface area contributed by atoms with Crippen LogP contribution in [0.4, 0.5) is 19.2 Å². The summed E-state index contributed by atoms with van der Waals surface area (Å²) in [5.41, 5.74) is 2.22. The molecule has 0 radical (unpaired) electrons. The Morgan fingerprint density at radius 1 is 0.612 bits per heavy atom. The minimum Gasteiger partial charge on any atom is -0.497 e. The Hall–Kier alpha value is -6.88. The molecule has 0 aliphatic carbocycles. The van der Waals surface area contributed by atoms with E-state index in [2.05, 4.69) is 15.3 Å². The first kappa shape index (κ1) is 51.1. The third-order valence-corrected chi connectivity index (χ3v) is 10.8. The Kier molecular flexibility index (Phi) is 18.0. The molecule has 0 bridgehead atoms. The standard InChI is InChI=1S/C22H30N4O4.C17H14N2O3.C11H22N2O2/c1-22(2,3)30-21(28)25-11-9-17(10-12-25)24(4)20(27)26-14-19(23-15-26)16-7-6-8-18(13-16)29-5;1-21-15-9-5-6-13(10-15)16-11-19(12-18-16)17(20)22-14-7-3-2-4-8-14;1-11(2,3)15-10(14)13-7-5-9(12-4)6-8-13/h6-8,13-15,17H,9-12H2,1-5H3;2-12H,1H3;9,12H,5-8H2,1-4H3. The van der Waals surface area contributed by atoms with Crippen molar-refractivity contribution in [2.24, 2.45) is 0 Å². The number of likely N-dealkylation sites (tertiary alicyclic amines) is 2. The summed E-state index contributed by atoms with van der Waals surface area (Å²) >= 11 is 0. The maximum Gasteiger partial charge on any atom is 0.424 e. The van der Waals surface area contributed by atoms with Crippen molar-refractivity contribution in [2.75, 3.05) is 54.5 Å². The van der Waals surface area contributed by atoms with Gasteiger partial charge in [0.2, 0.25) is 0 Å². The number of para-hydroxylation sites is 1. The topological polar surface area (TPSA) is 172 Å². The van der Waals surface area contributed by atoms with Crippen molar-refractivity contribution in [3.05, 3.63) is 104 Å². The number of carbonyl (C=O) groups is 4. The van der Waals surface area contributed by atoms with Gasteiger partial charge in [0.05, 0.1) is 25.6 Å². The second kappa shape index (κ2) is 23.5. The van der Waals surface area contributed by atoms with Crippen LogP contribution in [0.2, 0.25) is 0 Å². The van der Waals surface area contributed by atoms with E-state index in [1.165, 1.54) is 21.8 Å². The van der Waals surface area contributed by atoms with Gasteiger partial charge in [-0.1, -0.05) is 42.5 Å². The fourth-order valence-electron chi connectivity index (χ4n) is 7.13. The number of imidazole rings is 2. The van der Waals surface area contributed by atoms with Gasteiger partial charge in [-0.05, 0) is 111 Å². The average molecular weight is 923 g/mol. The molecular formula is C50H66N8O9. The SMILES string of the molecule is CNC1CCN(C(=O)OC(C)(C)C)CC1.COc1cccc(-c2cn(C(=O)N(C)C3CCN(C(=O)OC(C)(C)C)CC3)cn2)c1.COc1cccc(-c2cn(C(=O)Oc3ccccc3)cn2)c1. The molecule has 4 heterocycles. The molecular weight excluding hydrogens is 857 g/mol. The van der Waals surface area contributed by atoms with Gasteiger partial charge in [0.1, 0.15) is 41.1 Å². The van der Waals surface area contributed by atoms with E-state index >= 15 is 0 Å². The predicted octanol–water partition coefficient (Wildman–Crippen LogP) is 9.07. The lowest BCUT2D eigenvalue weighted by atomic mass is 10.0. The van der Waals surface area contributed by atoms with Crippen LogP contribution in [0, 0.1) is 0 Å². The number of hydrogen-bond donors (Lipinski definition) is 1. The highest BCUT2D eigenvalue weighted by molar-refractivity contribution is 5.78. The zero-order valence-electron chi connectivity index (χ0n) is 40.4. The molecule has 2 fully saturated rings. The molecule has 0 spiro atoms. The number of nitrogens with zero attached hydrogens (tertiary/aromatic N) is 7. The highest BCUT2D eigenvalue weighted by atomic mass is 16.6. The number of rotatable bonds is 7. The number of methoxy groups -OCH3 is 2. The number of amides is 3. The van der Waals surface area contributed by atoms with Gasteiger partial charge in [-0.15, -0.1) is 0 Å². The fraction of sp³-hybridized carbons (Fsp3) is 0.440. The van der Waals surface area contributed by atoms with Gasteiger partial charge < -0.3 is 43.7 Å². The van der Waals surface area contributed by atoms with E-state index in [4.69, 9.17) is 23.7 Å². The summed E-state index contributed by atoms with van der Waals surface area (Å²) in [4.78, 5) is 62.7. The van der Waals surface area contributed by atoms with Gasteiger partial charge in [-0.3, -0.25) is 4.57 Å². The highest BCUT2D eigenvalue weighted by Crippen LogP contribution is 2.25. The Labute approximate surface area is 393 Å². The lowest BCUT2D eigenvalue weighted by Gasteiger charge is -2.37. The number of ether oxygens (including phenoxy) is 5. The molecule has 17 heteroatoms. The molecule has 1 N–H and O–H groups in total. The second-order valence-electron chi connectivity index (χ2n) is 18.1. The van der Waals surface area contributed by atoms with E-state index in [-0.39, 0.29) is 24.3 Å². The van der Waals surface area contributed by atoms with Crippen molar-refractivity contribution < 1.29 is 42.9 Å². The van der Waals surface area contributed by atoms with E-state index < -0.39 is 17.3 Å². The molecule has 2 saturated heterocycles. The van der Waals surface area contributed by atoms with Crippen LogP contribution < -0.4 is 19.5 Å². The quantitative estimate of drug-likeness (QED) is 0.164. The minimum absolute atomic E-state index is 0.0545. The fourth-order valence-corrected chi connectivity index (χ4v) is 7.13. The second-order valence-corrected chi connectivity index (χ2v) is 18.1. The number of benzene rings is 3. The summed E-state index contributed by atoms with van der Waals surface area (Å²) in [7, 11) is 6.98. The highest BCUT2D eigenvalue weighted by Gasteiger charge is 2.31. The van der Waals surface area contributed by atoms with Crippen LogP contribution in [-0.2, 0) is 9.47 Å². The van der Waals surface area contributed by atoms with Gasteiger partial charge in [0.15, 0.2) is 0 Å². The summed E-state index contributed by atoms with van der Waals surface area (Å²) in [6.07, 6.45) is 8.76. The monoisotopic (exact) mass is 922 g/mol. The van der Waals surface area contributed by atoms with E-state index in [0.717, 1.165) is 48.6 Å². The summed E-state index contributed by atoms with van der Waals surface area (Å²) < 4.78 is 29.2. The zero-order chi connectivity index (χ0) is 48.7. The van der Waals surface area contributed by atoms with Crippen LogP contribution in [-0.4, -0.2) is 136 Å². The van der Waals surface area contributed by atoms with E-state index in [9.17, 15) is 19.2 Å². The summed E-state index contributed by atoms with van der Waals surface area (Å²) in [5.74, 6) is 1.96. The van der Waals surface area contributed by atoms with Crippen molar-refractivity contribution in [2.45, 2.75) is 90.5 Å². The minimum atomic E-state index is -0.511. The van der Waals surface area contributed by atoms with Gasteiger partial charge in [0, 0.05) is 68.8 Å².